The van der Waals surface area contributed by atoms with Crippen LogP contribution in [0.1, 0.15) is 12.0 Å². The number of para-hydroxylation sites is 1. The summed E-state index contributed by atoms with van der Waals surface area (Å²) < 4.78 is 7.65. The second-order valence-electron chi connectivity index (χ2n) is 7.64. The van der Waals surface area contributed by atoms with Crippen LogP contribution < -0.4 is 5.32 Å². The molecule has 148 valence electrons. The number of carbonyl (C=O) groups is 2. The minimum atomic E-state index is -0.591. The molecular formula is C22H22N4O3. The van der Waals surface area contributed by atoms with Gasteiger partial charge in [0.25, 0.3) is 0 Å². The lowest BCUT2D eigenvalue weighted by atomic mass is 9.77. The SMILES string of the molecule is O=C1CO[C@@H]2CN(C(=O)Cn3ncc4ccccc43)CC[C@@]2(c2ccccc2)N1. The van der Waals surface area contributed by atoms with Crippen LogP contribution in [0.2, 0.25) is 0 Å². The van der Waals surface area contributed by atoms with Crippen LogP contribution in [-0.2, 0) is 26.4 Å². The van der Waals surface area contributed by atoms with Crippen molar-refractivity contribution in [2.24, 2.45) is 0 Å². The van der Waals surface area contributed by atoms with Crippen molar-refractivity contribution in [3.05, 3.63) is 66.4 Å². The Labute approximate surface area is 168 Å². The van der Waals surface area contributed by atoms with E-state index in [0.29, 0.717) is 19.5 Å². The Balaban J connectivity index is 1.37. The molecule has 2 aliphatic rings. The maximum Gasteiger partial charge on any atom is 0.246 e. The third kappa shape index (κ3) is 3.07. The highest BCUT2D eigenvalue weighted by molar-refractivity contribution is 5.82. The fourth-order valence-corrected chi connectivity index (χ4v) is 4.46. The summed E-state index contributed by atoms with van der Waals surface area (Å²) >= 11 is 0. The number of fused-ring (bicyclic) bond motifs is 2. The second kappa shape index (κ2) is 7.00. The first-order valence-corrected chi connectivity index (χ1v) is 9.82. The number of carbonyl (C=O) groups excluding carboxylic acids is 2. The van der Waals surface area contributed by atoms with Crippen LogP contribution in [-0.4, -0.2) is 52.3 Å². The quantitative estimate of drug-likeness (QED) is 0.738. The van der Waals surface area contributed by atoms with Crippen LogP contribution >= 0.6 is 0 Å². The van der Waals surface area contributed by atoms with E-state index in [4.69, 9.17) is 4.74 Å². The number of nitrogens with zero attached hydrogens (tertiary/aromatic N) is 3. The molecule has 3 aromatic rings. The standard InChI is InChI=1S/C22H22N4O3/c27-20-15-29-19-13-25(11-10-22(19,24-20)17-7-2-1-3-8-17)21(28)14-26-18-9-5-4-6-16(18)12-23-26/h1-9,12,19H,10-11,13-15H2,(H,24,27)/t19-,22+/m1/s1. The number of aromatic nitrogens is 2. The lowest BCUT2D eigenvalue weighted by Crippen LogP contribution is -2.67. The molecule has 3 heterocycles. The van der Waals surface area contributed by atoms with Crippen molar-refractivity contribution in [3.8, 4) is 0 Å². The fourth-order valence-electron chi connectivity index (χ4n) is 4.46. The summed E-state index contributed by atoms with van der Waals surface area (Å²) in [6.07, 6.45) is 2.10. The number of benzene rings is 2. The molecule has 1 N–H and O–H groups in total. The zero-order valence-electron chi connectivity index (χ0n) is 16.0. The maximum absolute atomic E-state index is 13.0. The van der Waals surface area contributed by atoms with Gasteiger partial charge in [-0.3, -0.25) is 14.3 Å². The molecule has 2 atom stereocenters. The van der Waals surface area contributed by atoms with E-state index in [1.807, 2.05) is 59.5 Å². The fraction of sp³-hybridized carbons (Fsp3) is 0.318. The minimum Gasteiger partial charge on any atom is -0.364 e. The molecule has 1 aromatic heterocycles. The highest BCUT2D eigenvalue weighted by atomic mass is 16.5. The first kappa shape index (κ1) is 17.9. The van der Waals surface area contributed by atoms with Crippen molar-refractivity contribution >= 4 is 22.7 Å². The van der Waals surface area contributed by atoms with Gasteiger partial charge in [-0.2, -0.15) is 5.10 Å². The van der Waals surface area contributed by atoms with Crippen molar-refractivity contribution in [2.45, 2.75) is 24.6 Å². The van der Waals surface area contributed by atoms with E-state index in [0.717, 1.165) is 16.5 Å². The van der Waals surface area contributed by atoms with Gasteiger partial charge in [0.05, 0.1) is 17.3 Å². The van der Waals surface area contributed by atoms with Gasteiger partial charge in [-0.1, -0.05) is 48.5 Å². The molecule has 0 radical (unpaired) electrons. The number of hydrogen-bond donors (Lipinski definition) is 1. The maximum atomic E-state index is 13.0. The van der Waals surface area contributed by atoms with Crippen LogP contribution in [0.5, 0.6) is 0 Å². The summed E-state index contributed by atoms with van der Waals surface area (Å²) in [6.45, 7) is 1.19. The topological polar surface area (TPSA) is 76.5 Å². The van der Waals surface area contributed by atoms with E-state index in [2.05, 4.69) is 10.4 Å². The molecular weight excluding hydrogens is 368 g/mol. The van der Waals surface area contributed by atoms with Crippen LogP contribution in [0, 0.1) is 0 Å². The van der Waals surface area contributed by atoms with E-state index < -0.39 is 5.54 Å². The van der Waals surface area contributed by atoms with Crippen LogP contribution in [0.25, 0.3) is 10.9 Å². The third-order valence-corrected chi connectivity index (χ3v) is 5.97. The first-order valence-electron chi connectivity index (χ1n) is 9.82. The van der Waals surface area contributed by atoms with E-state index in [-0.39, 0.29) is 31.1 Å². The monoisotopic (exact) mass is 390 g/mol. The largest absolute Gasteiger partial charge is 0.364 e. The van der Waals surface area contributed by atoms with Gasteiger partial charge >= 0.3 is 0 Å². The van der Waals surface area contributed by atoms with Gasteiger partial charge in [-0.05, 0) is 18.1 Å². The Kier molecular flexibility index (Phi) is 4.32. The lowest BCUT2D eigenvalue weighted by Gasteiger charge is -2.50. The Morgan fingerprint density at radius 3 is 2.83 bits per heavy atom. The summed E-state index contributed by atoms with van der Waals surface area (Å²) in [5, 5.41) is 8.54. The molecule has 29 heavy (non-hydrogen) atoms. The number of morpholine rings is 1. The third-order valence-electron chi connectivity index (χ3n) is 5.97. The predicted octanol–water partition coefficient (Wildman–Crippen LogP) is 1.68. The van der Waals surface area contributed by atoms with Crippen LogP contribution in [0.3, 0.4) is 0 Å². The van der Waals surface area contributed by atoms with Crippen molar-refractivity contribution in [2.75, 3.05) is 19.7 Å². The number of nitrogens with one attached hydrogen (secondary N) is 1. The minimum absolute atomic E-state index is 0.000940. The summed E-state index contributed by atoms with van der Waals surface area (Å²) in [7, 11) is 0. The zero-order valence-corrected chi connectivity index (χ0v) is 16.0. The molecule has 5 rings (SSSR count). The van der Waals surface area contributed by atoms with E-state index in [9.17, 15) is 9.59 Å². The van der Waals surface area contributed by atoms with E-state index >= 15 is 0 Å². The van der Waals surface area contributed by atoms with Gasteiger partial charge in [0.1, 0.15) is 19.3 Å². The number of amides is 2. The smallest absolute Gasteiger partial charge is 0.246 e. The summed E-state index contributed by atoms with van der Waals surface area (Å²) in [5.41, 5.74) is 1.37. The van der Waals surface area contributed by atoms with Crippen molar-refractivity contribution in [3.63, 3.8) is 0 Å². The zero-order chi connectivity index (χ0) is 19.8. The van der Waals surface area contributed by atoms with Crippen molar-refractivity contribution in [1.82, 2.24) is 20.0 Å². The number of ether oxygens (including phenoxy) is 1. The first-order chi connectivity index (χ1) is 14.2. The molecule has 0 spiro atoms. The molecule has 0 aliphatic carbocycles. The van der Waals surface area contributed by atoms with Crippen molar-refractivity contribution in [1.29, 1.82) is 0 Å². The molecule has 7 heteroatoms. The Hall–Kier alpha value is -3.19. The van der Waals surface area contributed by atoms with Crippen molar-refractivity contribution < 1.29 is 14.3 Å². The number of rotatable bonds is 3. The number of piperidine rings is 1. The highest BCUT2D eigenvalue weighted by Crippen LogP contribution is 2.37. The molecule has 0 saturated carbocycles. The molecule has 2 amide bonds. The Morgan fingerprint density at radius 2 is 1.97 bits per heavy atom. The number of likely N-dealkylation sites (tertiary alicyclic amines) is 1. The van der Waals surface area contributed by atoms with Gasteiger partial charge < -0.3 is 15.0 Å². The Morgan fingerprint density at radius 1 is 1.17 bits per heavy atom. The second-order valence-corrected chi connectivity index (χ2v) is 7.64. The lowest BCUT2D eigenvalue weighted by molar-refractivity contribution is -0.157. The molecule has 2 aromatic carbocycles. The van der Waals surface area contributed by atoms with Gasteiger partial charge in [0, 0.05) is 18.5 Å². The predicted molar refractivity (Wildman–Crippen MR) is 107 cm³/mol. The average molecular weight is 390 g/mol. The van der Waals surface area contributed by atoms with Gasteiger partial charge in [-0.15, -0.1) is 0 Å². The van der Waals surface area contributed by atoms with E-state index in [1.54, 1.807) is 10.9 Å². The molecule has 7 nitrogen and oxygen atoms in total. The van der Waals surface area contributed by atoms with E-state index in [1.165, 1.54) is 0 Å². The normalized spacial score (nSPS) is 24.2. The molecule has 0 unspecified atom stereocenters. The van der Waals surface area contributed by atoms with Crippen LogP contribution in [0.15, 0.2) is 60.8 Å². The van der Waals surface area contributed by atoms with Gasteiger partial charge in [-0.25, -0.2) is 0 Å². The summed E-state index contributed by atoms with van der Waals surface area (Å²) in [6, 6.07) is 17.7. The molecule has 0 bridgehead atoms. The van der Waals surface area contributed by atoms with Gasteiger partial charge in [0.15, 0.2) is 0 Å². The summed E-state index contributed by atoms with van der Waals surface area (Å²) in [5.74, 6) is -0.117. The Bertz CT molecular complexity index is 1060. The van der Waals surface area contributed by atoms with Crippen LogP contribution in [0.4, 0.5) is 0 Å². The summed E-state index contributed by atoms with van der Waals surface area (Å²) in [4.78, 5) is 26.9. The number of hydrogen-bond acceptors (Lipinski definition) is 4. The highest BCUT2D eigenvalue weighted by Gasteiger charge is 2.49. The average Bonchev–Trinajstić information content (AvgIpc) is 3.16. The molecule has 2 aliphatic heterocycles. The molecule has 2 fully saturated rings. The molecule has 2 saturated heterocycles. The van der Waals surface area contributed by atoms with Gasteiger partial charge in [0.2, 0.25) is 11.8 Å².